The van der Waals surface area contributed by atoms with E-state index in [4.69, 9.17) is 15.2 Å². The number of para-hydroxylation sites is 1. The second-order valence-electron chi connectivity index (χ2n) is 9.61. The molecule has 5 rings (SSSR count). The summed E-state index contributed by atoms with van der Waals surface area (Å²) < 4.78 is 52.8. The largest absolute Gasteiger partial charge is 0.454 e. The number of halogens is 3. The highest BCUT2D eigenvalue weighted by molar-refractivity contribution is 6.01. The second kappa shape index (κ2) is 7.80. The maximum Gasteiger partial charge on any atom is 0.418 e. The number of nitrogens with two attached hydrogens (primary N) is 1. The molecule has 2 aromatic rings. The molecular formula is C26H22F3N3O3. The topological polar surface area (TPSA) is 88.6 Å². The van der Waals surface area contributed by atoms with Crippen molar-refractivity contribution < 1.29 is 27.4 Å². The molecule has 0 spiro atoms. The van der Waals surface area contributed by atoms with Gasteiger partial charge in [0, 0.05) is 17.7 Å². The van der Waals surface area contributed by atoms with E-state index in [0.717, 1.165) is 6.07 Å². The number of Topliss-reactive ketones (excluding diaryl/α,β-unsaturated/α-hetero) is 1. The molecule has 1 aliphatic carbocycles. The van der Waals surface area contributed by atoms with E-state index in [0.29, 0.717) is 29.2 Å². The van der Waals surface area contributed by atoms with Gasteiger partial charge in [-0.05, 0) is 41.7 Å². The highest BCUT2D eigenvalue weighted by Gasteiger charge is 2.46. The number of nitrogens with zero attached hydrogens (tertiary/aromatic N) is 2. The maximum atomic E-state index is 14.0. The lowest BCUT2D eigenvalue weighted by Crippen LogP contribution is -2.42. The number of rotatable bonds is 2. The number of anilines is 1. The van der Waals surface area contributed by atoms with Gasteiger partial charge in [-0.1, -0.05) is 32.0 Å². The van der Waals surface area contributed by atoms with Crippen LogP contribution in [0.3, 0.4) is 0 Å². The fraction of sp³-hybridized carbons (Fsp3) is 0.308. The molecule has 0 saturated carbocycles. The predicted molar refractivity (Wildman–Crippen MR) is 121 cm³/mol. The molecule has 2 N–H and O–H groups in total. The molecule has 2 heterocycles. The number of benzene rings is 2. The van der Waals surface area contributed by atoms with Crippen molar-refractivity contribution in [3.8, 4) is 17.6 Å². The Labute approximate surface area is 200 Å². The van der Waals surface area contributed by atoms with E-state index in [1.54, 1.807) is 18.2 Å². The first kappa shape index (κ1) is 22.8. The van der Waals surface area contributed by atoms with Crippen molar-refractivity contribution in [2.75, 3.05) is 11.7 Å². The number of alkyl halides is 3. The van der Waals surface area contributed by atoms with E-state index in [-0.39, 0.29) is 41.7 Å². The summed E-state index contributed by atoms with van der Waals surface area (Å²) in [6.45, 7) is 3.82. The Hall–Kier alpha value is -3.93. The van der Waals surface area contributed by atoms with E-state index in [1.165, 1.54) is 23.1 Å². The molecule has 1 unspecified atom stereocenters. The lowest BCUT2D eigenvalue weighted by Gasteiger charge is -2.44. The highest BCUT2D eigenvalue weighted by atomic mass is 19.4. The number of allylic oxidation sites excluding steroid dienone is 3. The van der Waals surface area contributed by atoms with Crippen LogP contribution in [0.25, 0.3) is 0 Å². The minimum Gasteiger partial charge on any atom is -0.454 e. The Kier molecular flexibility index (Phi) is 5.09. The predicted octanol–water partition coefficient (Wildman–Crippen LogP) is 5.37. The van der Waals surface area contributed by atoms with E-state index in [1.807, 2.05) is 13.8 Å². The fourth-order valence-corrected chi connectivity index (χ4v) is 5.12. The first-order valence-corrected chi connectivity index (χ1v) is 11.0. The van der Waals surface area contributed by atoms with Crippen LogP contribution in [0.4, 0.5) is 18.9 Å². The van der Waals surface area contributed by atoms with Gasteiger partial charge in [-0.2, -0.15) is 18.4 Å². The molecule has 3 aliphatic rings. The average Bonchev–Trinajstić information content (AvgIpc) is 3.25. The van der Waals surface area contributed by atoms with Crippen LogP contribution in [-0.4, -0.2) is 12.6 Å². The minimum atomic E-state index is -4.66. The summed E-state index contributed by atoms with van der Waals surface area (Å²) in [6.07, 6.45) is -4.16. The van der Waals surface area contributed by atoms with Gasteiger partial charge in [0.05, 0.1) is 28.8 Å². The molecule has 35 heavy (non-hydrogen) atoms. The molecule has 0 saturated heterocycles. The normalized spacial score (nSPS) is 21.2. The number of ketones is 1. The van der Waals surface area contributed by atoms with Crippen LogP contribution in [0.15, 0.2) is 65.1 Å². The molecule has 0 fully saturated rings. The van der Waals surface area contributed by atoms with Crippen LogP contribution < -0.4 is 20.1 Å². The molecule has 0 radical (unpaired) electrons. The van der Waals surface area contributed by atoms with Crippen LogP contribution >= 0.6 is 0 Å². The first-order chi connectivity index (χ1) is 16.5. The average molecular weight is 481 g/mol. The lowest BCUT2D eigenvalue weighted by molar-refractivity contribution is -0.137. The van der Waals surface area contributed by atoms with Crippen molar-refractivity contribution in [2.45, 2.75) is 38.8 Å². The summed E-state index contributed by atoms with van der Waals surface area (Å²) >= 11 is 0. The van der Waals surface area contributed by atoms with Gasteiger partial charge in [-0.15, -0.1) is 0 Å². The van der Waals surface area contributed by atoms with Crippen molar-refractivity contribution in [1.29, 1.82) is 5.26 Å². The molecular weight excluding hydrogens is 459 g/mol. The van der Waals surface area contributed by atoms with Gasteiger partial charge in [0.2, 0.25) is 6.79 Å². The number of carbonyl (C=O) groups is 1. The van der Waals surface area contributed by atoms with Gasteiger partial charge in [-0.3, -0.25) is 9.69 Å². The number of nitriles is 1. The summed E-state index contributed by atoms with van der Waals surface area (Å²) in [5.74, 6) is -0.188. The molecule has 6 nitrogen and oxygen atoms in total. The van der Waals surface area contributed by atoms with E-state index in [2.05, 4.69) is 6.07 Å². The third-order valence-electron chi connectivity index (χ3n) is 6.56. The van der Waals surface area contributed by atoms with Gasteiger partial charge in [-0.25, -0.2) is 0 Å². The minimum absolute atomic E-state index is 0.00708. The zero-order chi connectivity index (χ0) is 25.1. The van der Waals surface area contributed by atoms with Crippen molar-refractivity contribution >= 4 is 11.5 Å². The van der Waals surface area contributed by atoms with Gasteiger partial charge in [0.15, 0.2) is 17.3 Å². The molecule has 0 aromatic heterocycles. The third kappa shape index (κ3) is 3.70. The van der Waals surface area contributed by atoms with E-state index < -0.39 is 23.1 Å². The van der Waals surface area contributed by atoms with E-state index >= 15 is 0 Å². The summed E-state index contributed by atoms with van der Waals surface area (Å²) in [4.78, 5) is 14.8. The zero-order valence-corrected chi connectivity index (χ0v) is 19.1. The zero-order valence-electron chi connectivity index (χ0n) is 19.1. The number of carbonyl (C=O) groups excluding carboxylic acids is 1. The monoisotopic (exact) mass is 481 g/mol. The number of hydrogen-bond donors (Lipinski definition) is 1. The molecule has 9 heteroatoms. The molecule has 2 aliphatic heterocycles. The van der Waals surface area contributed by atoms with Gasteiger partial charge in [0.1, 0.15) is 5.82 Å². The summed E-state index contributed by atoms with van der Waals surface area (Å²) in [5.41, 5.74) is 6.10. The molecule has 180 valence electrons. The van der Waals surface area contributed by atoms with E-state index in [9.17, 15) is 23.2 Å². The van der Waals surface area contributed by atoms with Crippen molar-refractivity contribution in [1.82, 2.24) is 0 Å². The van der Waals surface area contributed by atoms with Gasteiger partial charge in [0.25, 0.3) is 0 Å². The quantitative estimate of drug-likeness (QED) is 0.620. The second-order valence-corrected chi connectivity index (χ2v) is 9.61. The molecule has 0 amide bonds. The maximum absolute atomic E-state index is 14.0. The number of hydrogen-bond acceptors (Lipinski definition) is 6. The first-order valence-electron chi connectivity index (χ1n) is 11.0. The van der Waals surface area contributed by atoms with Crippen LogP contribution in [0.5, 0.6) is 11.5 Å². The Morgan fingerprint density at radius 2 is 1.83 bits per heavy atom. The van der Waals surface area contributed by atoms with Gasteiger partial charge < -0.3 is 15.2 Å². The summed E-state index contributed by atoms with van der Waals surface area (Å²) in [5, 5.41) is 10.1. The van der Waals surface area contributed by atoms with Crippen LogP contribution in [0.1, 0.15) is 43.7 Å². The molecule has 1 atom stereocenters. The lowest BCUT2D eigenvalue weighted by atomic mass is 9.68. The standard InChI is InChI=1S/C26H22F3N3O3/c1-25(2)10-18-23(19(33)11-25)22(14-7-8-20-21(9-14)35-13-34-20)15(12-30)24(31)32(18)17-6-4-3-5-16(17)26(27,28)29/h3-9,22H,10-11,13,31H2,1-2H3. The number of ether oxygens (including phenoxy) is 2. The third-order valence-corrected chi connectivity index (χ3v) is 6.56. The SMILES string of the molecule is CC1(C)CC(=O)C2=C(C1)N(c1ccccc1C(F)(F)F)C(N)=C(C#N)C2c1ccc2c(c1)OCO2. The Morgan fingerprint density at radius 3 is 2.54 bits per heavy atom. The summed E-state index contributed by atoms with van der Waals surface area (Å²) in [6, 6.07) is 12.2. The Balaban J connectivity index is 1.78. The smallest absolute Gasteiger partial charge is 0.418 e. The van der Waals surface area contributed by atoms with Crippen molar-refractivity contribution in [2.24, 2.45) is 11.1 Å². The Morgan fingerprint density at radius 1 is 1.11 bits per heavy atom. The van der Waals surface area contributed by atoms with Crippen LogP contribution in [-0.2, 0) is 11.0 Å². The number of fused-ring (bicyclic) bond motifs is 1. The van der Waals surface area contributed by atoms with Gasteiger partial charge >= 0.3 is 6.18 Å². The fourth-order valence-electron chi connectivity index (χ4n) is 5.12. The van der Waals surface area contributed by atoms with Crippen LogP contribution in [0, 0.1) is 16.7 Å². The van der Waals surface area contributed by atoms with Crippen LogP contribution in [0.2, 0.25) is 0 Å². The Bertz CT molecular complexity index is 1350. The van der Waals surface area contributed by atoms with Crippen molar-refractivity contribution in [3.05, 3.63) is 76.3 Å². The summed E-state index contributed by atoms with van der Waals surface area (Å²) in [7, 11) is 0. The highest BCUT2D eigenvalue weighted by Crippen LogP contribution is 2.52. The molecule has 0 bridgehead atoms. The van der Waals surface area contributed by atoms with Crippen molar-refractivity contribution in [3.63, 3.8) is 0 Å². The molecule has 2 aromatic carbocycles.